The quantitative estimate of drug-likeness (QED) is 0.370. The molecule has 7 heteroatoms. The molecule has 0 aliphatic heterocycles. The number of Topliss-reactive ketones (excluding diaryl/α,β-unsaturated/α-hetero) is 1. The first-order chi connectivity index (χ1) is 14.4. The molecule has 0 saturated heterocycles. The van der Waals surface area contributed by atoms with Gasteiger partial charge < -0.3 is 10.1 Å². The van der Waals surface area contributed by atoms with Crippen LogP contribution in [0.3, 0.4) is 0 Å². The van der Waals surface area contributed by atoms with Gasteiger partial charge in [-0.3, -0.25) is 9.59 Å². The van der Waals surface area contributed by atoms with Crippen LogP contribution in [0.4, 0.5) is 5.69 Å². The molecule has 156 valence electrons. The van der Waals surface area contributed by atoms with Crippen LogP contribution in [0.2, 0.25) is 0 Å². The lowest BCUT2D eigenvalue weighted by Crippen LogP contribution is -2.35. The van der Waals surface area contributed by atoms with Gasteiger partial charge in [0.2, 0.25) is 0 Å². The maximum Gasteiger partial charge on any atom is 0.338 e. The Labute approximate surface area is 175 Å². The number of carbonyl (C=O) groups excluding carboxylic acids is 3. The number of para-hydroxylation sites is 1. The van der Waals surface area contributed by atoms with Crippen molar-refractivity contribution < 1.29 is 23.7 Å². The molecule has 1 aromatic heterocycles. The zero-order valence-corrected chi connectivity index (χ0v) is 17.7. The molecule has 3 rings (SSSR count). The number of carbonyl (C=O) groups is 3. The second kappa shape index (κ2) is 8.90. The summed E-state index contributed by atoms with van der Waals surface area (Å²) in [5.74, 6) is 0.126. The van der Waals surface area contributed by atoms with Gasteiger partial charge in [0, 0.05) is 18.6 Å². The molecule has 0 atom stereocenters. The summed E-state index contributed by atoms with van der Waals surface area (Å²) in [6.45, 7) is 8.26. The fourth-order valence-corrected chi connectivity index (χ4v) is 3.63. The molecule has 0 aliphatic rings. The van der Waals surface area contributed by atoms with E-state index >= 15 is 0 Å². The molecule has 0 saturated carbocycles. The molecule has 0 fully saturated rings. The number of nitrogens with zero attached hydrogens (tertiary/aromatic N) is 2. The highest BCUT2D eigenvalue weighted by atomic mass is 16.5. The highest BCUT2D eigenvalue weighted by Crippen LogP contribution is 2.19. The van der Waals surface area contributed by atoms with Crippen molar-refractivity contribution in [1.82, 2.24) is 4.57 Å². The van der Waals surface area contributed by atoms with E-state index in [0.29, 0.717) is 23.4 Å². The fourth-order valence-electron chi connectivity index (χ4n) is 3.63. The highest BCUT2D eigenvalue weighted by molar-refractivity contribution is 6.03. The lowest BCUT2D eigenvalue weighted by atomic mass is 10.1. The zero-order valence-electron chi connectivity index (χ0n) is 17.7. The molecule has 7 nitrogen and oxygen atoms in total. The van der Waals surface area contributed by atoms with Gasteiger partial charge in [-0.1, -0.05) is 12.1 Å². The van der Waals surface area contributed by atoms with Crippen molar-refractivity contribution in [3.05, 3.63) is 59.4 Å². The Balaban J connectivity index is 1.97. The molecule has 3 aromatic rings. The van der Waals surface area contributed by atoms with Gasteiger partial charge in [0.15, 0.2) is 23.4 Å². The average molecular weight is 408 g/mol. The van der Waals surface area contributed by atoms with Crippen LogP contribution >= 0.6 is 0 Å². The molecule has 30 heavy (non-hydrogen) atoms. The Morgan fingerprint density at radius 3 is 2.50 bits per heavy atom. The molecule has 0 spiro atoms. The number of esters is 1. The summed E-state index contributed by atoms with van der Waals surface area (Å²) >= 11 is 0. The fraction of sp³-hybridized carbons (Fsp3) is 0.304. The van der Waals surface area contributed by atoms with Crippen molar-refractivity contribution in [1.29, 1.82) is 0 Å². The Morgan fingerprint density at radius 2 is 1.83 bits per heavy atom. The van der Waals surface area contributed by atoms with Gasteiger partial charge in [0.1, 0.15) is 0 Å². The minimum Gasteiger partial charge on any atom is -0.462 e. The maximum atomic E-state index is 12.8. The number of rotatable bonds is 7. The monoisotopic (exact) mass is 408 g/mol. The summed E-state index contributed by atoms with van der Waals surface area (Å²) < 4.78 is 9.06. The largest absolute Gasteiger partial charge is 0.462 e. The summed E-state index contributed by atoms with van der Waals surface area (Å²) in [5.41, 5.74) is 3.09. The van der Waals surface area contributed by atoms with Crippen molar-refractivity contribution in [3.8, 4) is 0 Å². The average Bonchev–Trinajstić information content (AvgIpc) is 2.98. The normalized spacial score (nSPS) is 10.8. The molecule has 0 bridgehead atoms. The number of aryl methyl sites for hydroxylation is 1. The summed E-state index contributed by atoms with van der Waals surface area (Å²) in [5, 5.41) is 2.84. The number of aromatic nitrogens is 2. The van der Waals surface area contributed by atoms with Crippen LogP contribution in [0.25, 0.3) is 11.0 Å². The van der Waals surface area contributed by atoms with Crippen molar-refractivity contribution in [3.63, 3.8) is 0 Å². The second-order valence-electron chi connectivity index (χ2n) is 6.95. The Morgan fingerprint density at radius 1 is 1.10 bits per heavy atom. The predicted molar refractivity (Wildman–Crippen MR) is 114 cm³/mol. The van der Waals surface area contributed by atoms with E-state index in [0.717, 1.165) is 23.4 Å². The molecule has 1 heterocycles. The van der Waals surface area contributed by atoms with Gasteiger partial charge in [0.25, 0.3) is 11.7 Å². The smallest absolute Gasteiger partial charge is 0.338 e. The molecule has 1 amide bonds. The molecule has 0 radical (unpaired) electrons. The predicted octanol–water partition coefficient (Wildman–Crippen LogP) is 3.28. The van der Waals surface area contributed by atoms with E-state index in [1.54, 1.807) is 43.3 Å². The Kier molecular flexibility index (Phi) is 6.30. The third-order valence-electron chi connectivity index (χ3n) is 5.05. The maximum absolute atomic E-state index is 12.8. The van der Waals surface area contributed by atoms with Gasteiger partial charge in [-0.2, -0.15) is 0 Å². The van der Waals surface area contributed by atoms with E-state index in [2.05, 4.69) is 9.88 Å². The minimum absolute atomic E-state index is 0.0495. The summed E-state index contributed by atoms with van der Waals surface area (Å²) in [6.07, 6.45) is 0. The SMILES string of the molecule is CCOC(=O)c1ccc2c(c1)n(CC(=O)Nc1ccccc1C(C)=O)c(C)[n+]2CC. The van der Waals surface area contributed by atoms with E-state index in [9.17, 15) is 14.4 Å². The third-order valence-corrected chi connectivity index (χ3v) is 5.05. The number of benzene rings is 2. The number of nitrogens with one attached hydrogen (secondary N) is 1. The lowest BCUT2D eigenvalue weighted by Gasteiger charge is -2.08. The molecule has 2 aromatic carbocycles. The number of ketones is 1. The van der Waals surface area contributed by atoms with Gasteiger partial charge >= 0.3 is 5.97 Å². The number of imidazole rings is 1. The van der Waals surface area contributed by atoms with Gasteiger partial charge in [-0.05, 0) is 45.0 Å². The van der Waals surface area contributed by atoms with E-state index in [1.165, 1.54) is 6.92 Å². The van der Waals surface area contributed by atoms with Crippen LogP contribution in [0.15, 0.2) is 42.5 Å². The number of amides is 1. The Hall–Kier alpha value is -3.48. The van der Waals surface area contributed by atoms with Crippen molar-refractivity contribution in [2.24, 2.45) is 0 Å². The zero-order chi connectivity index (χ0) is 21.8. The van der Waals surface area contributed by atoms with Crippen LogP contribution in [0.5, 0.6) is 0 Å². The number of hydrogen-bond donors (Lipinski definition) is 1. The molecular formula is C23H26N3O4+. The van der Waals surface area contributed by atoms with E-state index < -0.39 is 5.97 Å². The highest BCUT2D eigenvalue weighted by Gasteiger charge is 2.24. The molecule has 0 unspecified atom stereocenters. The number of ether oxygens (including phenoxy) is 1. The third kappa shape index (κ3) is 4.10. The molecule has 1 N–H and O–H groups in total. The van der Waals surface area contributed by atoms with E-state index in [4.69, 9.17) is 4.74 Å². The van der Waals surface area contributed by atoms with Gasteiger partial charge in [-0.25, -0.2) is 13.9 Å². The number of hydrogen-bond acceptors (Lipinski definition) is 4. The van der Waals surface area contributed by atoms with Gasteiger partial charge in [-0.15, -0.1) is 0 Å². The molecular weight excluding hydrogens is 382 g/mol. The van der Waals surface area contributed by atoms with Crippen molar-refractivity contribution >= 4 is 34.4 Å². The van der Waals surface area contributed by atoms with Gasteiger partial charge in [0.05, 0.1) is 24.4 Å². The van der Waals surface area contributed by atoms with Crippen LogP contribution in [0.1, 0.15) is 47.3 Å². The minimum atomic E-state index is -0.396. The van der Waals surface area contributed by atoms with E-state index in [-0.39, 0.29) is 18.2 Å². The lowest BCUT2D eigenvalue weighted by molar-refractivity contribution is -0.674. The first-order valence-corrected chi connectivity index (χ1v) is 9.97. The van der Waals surface area contributed by atoms with Crippen LogP contribution in [-0.2, 0) is 22.6 Å². The van der Waals surface area contributed by atoms with Crippen molar-refractivity contribution in [2.75, 3.05) is 11.9 Å². The number of anilines is 1. The first kappa shape index (κ1) is 21.2. The van der Waals surface area contributed by atoms with E-state index in [1.807, 2.05) is 24.5 Å². The summed E-state index contributed by atoms with van der Waals surface area (Å²) in [7, 11) is 0. The van der Waals surface area contributed by atoms with Crippen LogP contribution < -0.4 is 9.88 Å². The van der Waals surface area contributed by atoms with Crippen LogP contribution in [0, 0.1) is 6.92 Å². The van der Waals surface area contributed by atoms with Crippen LogP contribution in [-0.4, -0.2) is 28.8 Å². The van der Waals surface area contributed by atoms with Crippen molar-refractivity contribution in [2.45, 2.75) is 40.8 Å². The standard InChI is InChI=1S/C23H25N3O4/c1-5-25-16(4)26(21-13-17(11-12-20(21)25)23(29)30-6-2)14-22(28)24-19-10-8-7-9-18(19)15(3)27/h7-13H,5-6,14H2,1-4H3/p+1. The first-order valence-electron chi connectivity index (χ1n) is 9.97. The number of fused-ring (bicyclic) bond motifs is 1. The topological polar surface area (TPSA) is 81.3 Å². The Bertz CT molecular complexity index is 1130. The second-order valence-corrected chi connectivity index (χ2v) is 6.95. The molecule has 0 aliphatic carbocycles. The summed E-state index contributed by atoms with van der Waals surface area (Å²) in [6, 6.07) is 12.3. The summed E-state index contributed by atoms with van der Waals surface area (Å²) in [4.78, 5) is 36.8.